The molecular formula is C19H16IN3OS. The number of rotatable bonds is 2. The van der Waals surface area contributed by atoms with Crippen LogP contribution in [0.1, 0.15) is 19.4 Å². The minimum atomic E-state index is -0.782. The highest BCUT2D eigenvalue weighted by atomic mass is 127. The quantitative estimate of drug-likeness (QED) is 0.355. The molecule has 4 nitrogen and oxygen atoms in total. The smallest absolute Gasteiger partial charge is 0.259 e. The first kappa shape index (κ1) is 17.8. The molecule has 0 unspecified atom stereocenters. The summed E-state index contributed by atoms with van der Waals surface area (Å²) in [7, 11) is 0. The number of carbonyl (C=O) groups excluding carboxylic acids is 1. The van der Waals surface area contributed by atoms with Crippen LogP contribution >= 0.6 is 34.8 Å². The second-order valence-electron chi connectivity index (χ2n) is 6.38. The lowest BCUT2D eigenvalue weighted by Crippen LogP contribution is -2.44. The number of nitrogens with zero attached hydrogens (tertiary/aromatic N) is 3. The number of benzene rings is 2. The van der Waals surface area contributed by atoms with Gasteiger partial charge in [0.05, 0.1) is 6.57 Å². The van der Waals surface area contributed by atoms with Gasteiger partial charge in [-0.3, -0.25) is 9.69 Å². The van der Waals surface area contributed by atoms with Crippen molar-refractivity contribution in [3.63, 3.8) is 0 Å². The Bertz CT molecular complexity index is 915. The average molecular weight is 461 g/mol. The summed E-state index contributed by atoms with van der Waals surface area (Å²) in [5.74, 6) is -0.0778. The standard InChI is InChI=1S/C19H16IN3OS/c1-12-11-15(9-10-16(12)21-4)22-17(24)19(2,3)23(18(22)25)14-7-5-13(20)6-8-14/h5-11H,1-3H3. The van der Waals surface area contributed by atoms with Gasteiger partial charge < -0.3 is 4.90 Å². The molecule has 6 heteroatoms. The predicted molar refractivity (Wildman–Crippen MR) is 113 cm³/mol. The van der Waals surface area contributed by atoms with Crippen molar-refractivity contribution in [3.05, 3.63) is 63.0 Å². The van der Waals surface area contributed by atoms with Crippen LogP contribution < -0.4 is 9.80 Å². The highest BCUT2D eigenvalue weighted by molar-refractivity contribution is 14.1. The summed E-state index contributed by atoms with van der Waals surface area (Å²) < 4.78 is 1.12. The van der Waals surface area contributed by atoms with Gasteiger partial charge in [-0.2, -0.15) is 0 Å². The number of hydrogen-bond donors (Lipinski definition) is 0. The number of amides is 1. The summed E-state index contributed by atoms with van der Waals surface area (Å²) in [6.45, 7) is 12.8. The lowest BCUT2D eigenvalue weighted by Gasteiger charge is -2.29. The molecule has 1 amide bonds. The van der Waals surface area contributed by atoms with Gasteiger partial charge >= 0.3 is 0 Å². The molecular weight excluding hydrogens is 445 g/mol. The first-order valence-corrected chi connectivity index (χ1v) is 9.18. The summed E-state index contributed by atoms with van der Waals surface area (Å²) in [4.78, 5) is 20.0. The SMILES string of the molecule is [C-]#[N+]c1ccc(N2C(=O)C(C)(C)N(c3ccc(I)cc3)C2=S)cc1C. The maximum Gasteiger partial charge on any atom is 0.259 e. The maximum atomic E-state index is 13.1. The van der Waals surface area contributed by atoms with E-state index in [2.05, 4.69) is 27.4 Å². The van der Waals surface area contributed by atoms with Crippen molar-refractivity contribution < 1.29 is 4.79 Å². The van der Waals surface area contributed by atoms with E-state index in [0.717, 1.165) is 14.8 Å². The lowest BCUT2D eigenvalue weighted by atomic mass is 10.0. The van der Waals surface area contributed by atoms with Gasteiger partial charge in [0.1, 0.15) is 5.54 Å². The Kier molecular flexibility index (Phi) is 4.56. The van der Waals surface area contributed by atoms with Crippen molar-refractivity contribution in [2.75, 3.05) is 9.80 Å². The van der Waals surface area contributed by atoms with Crippen LogP contribution in [0.3, 0.4) is 0 Å². The monoisotopic (exact) mass is 461 g/mol. The Labute approximate surface area is 166 Å². The van der Waals surface area contributed by atoms with Crippen LogP contribution in [0.5, 0.6) is 0 Å². The molecule has 25 heavy (non-hydrogen) atoms. The van der Waals surface area contributed by atoms with Gasteiger partial charge in [-0.05, 0) is 97.5 Å². The largest absolute Gasteiger partial charge is 0.304 e. The molecule has 1 heterocycles. The Hall–Kier alpha value is -1.98. The van der Waals surface area contributed by atoms with E-state index in [0.29, 0.717) is 16.5 Å². The van der Waals surface area contributed by atoms with Gasteiger partial charge in [0.15, 0.2) is 10.8 Å². The highest BCUT2D eigenvalue weighted by Crippen LogP contribution is 2.37. The van der Waals surface area contributed by atoms with Gasteiger partial charge in [-0.1, -0.05) is 6.07 Å². The fraction of sp³-hybridized carbons (Fsp3) is 0.211. The molecule has 3 rings (SSSR count). The van der Waals surface area contributed by atoms with E-state index < -0.39 is 5.54 Å². The van der Waals surface area contributed by atoms with Crippen LogP contribution in [0.25, 0.3) is 4.85 Å². The summed E-state index contributed by atoms with van der Waals surface area (Å²) in [5, 5.41) is 0.450. The second kappa shape index (κ2) is 6.39. The number of hydrogen-bond acceptors (Lipinski definition) is 2. The number of halogens is 1. The minimum Gasteiger partial charge on any atom is -0.304 e. The topological polar surface area (TPSA) is 27.9 Å². The molecule has 1 saturated heterocycles. The Balaban J connectivity index is 2.07. The molecule has 2 aromatic carbocycles. The van der Waals surface area contributed by atoms with E-state index in [4.69, 9.17) is 18.8 Å². The van der Waals surface area contributed by atoms with Crippen molar-refractivity contribution in [1.29, 1.82) is 0 Å². The Morgan fingerprint density at radius 2 is 1.72 bits per heavy atom. The van der Waals surface area contributed by atoms with Crippen molar-refractivity contribution >= 4 is 62.9 Å². The van der Waals surface area contributed by atoms with Gasteiger partial charge in [-0.25, -0.2) is 4.85 Å². The van der Waals surface area contributed by atoms with Crippen LogP contribution in [0, 0.1) is 17.1 Å². The molecule has 0 bridgehead atoms. The fourth-order valence-electron chi connectivity index (χ4n) is 2.95. The van der Waals surface area contributed by atoms with E-state index >= 15 is 0 Å². The van der Waals surface area contributed by atoms with Crippen LogP contribution in [0.2, 0.25) is 0 Å². The van der Waals surface area contributed by atoms with Crippen LogP contribution in [0.15, 0.2) is 42.5 Å². The normalized spacial score (nSPS) is 16.3. The molecule has 1 fully saturated rings. The van der Waals surface area contributed by atoms with E-state index in [9.17, 15) is 4.79 Å². The van der Waals surface area contributed by atoms with Crippen molar-refractivity contribution in [1.82, 2.24) is 0 Å². The zero-order valence-electron chi connectivity index (χ0n) is 14.1. The number of thiocarbonyl (C=S) groups is 1. The average Bonchev–Trinajstić information content (AvgIpc) is 2.74. The van der Waals surface area contributed by atoms with Gasteiger partial charge in [-0.15, -0.1) is 0 Å². The lowest BCUT2D eigenvalue weighted by molar-refractivity contribution is -0.120. The van der Waals surface area contributed by atoms with E-state index in [1.165, 1.54) is 0 Å². The maximum absolute atomic E-state index is 13.1. The molecule has 0 saturated carbocycles. The molecule has 0 N–H and O–H groups in total. The zero-order chi connectivity index (χ0) is 18.4. The Morgan fingerprint density at radius 3 is 2.28 bits per heavy atom. The number of anilines is 2. The van der Waals surface area contributed by atoms with E-state index in [1.807, 2.05) is 56.0 Å². The third-order valence-corrected chi connectivity index (χ3v) is 5.40. The summed E-state index contributed by atoms with van der Waals surface area (Å²) in [6.07, 6.45) is 0. The van der Waals surface area contributed by atoms with Crippen molar-refractivity contribution in [2.24, 2.45) is 0 Å². The summed E-state index contributed by atoms with van der Waals surface area (Å²) >= 11 is 7.91. The molecule has 0 spiro atoms. The van der Waals surface area contributed by atoms with Crippen LogP contribution in [-0.4, -0.2) is 16.6 Å². The molecule has 1 aliphatic heterocycles. The fourth-order valence-corrected chi connectivity index (χ4v) is 3.83. The molecule has 0 atom stereocenters. The molecule has 0 aromatic heterocycles. The van der Waals surface area contributed by atoms with Gasteiger partial charge in [0, 0.05) is 14.9 Å². The van der Waals surface area contributed by atoms with Gasteiger partial charge in [0.2, 0.25) is 0 Å². The first-order valence-electron chi connectivity index (χ1n) is 7.70. The number of carbonyl (C=O) groups is 1. The summed E-state index contributed by atoms with van der Waals surface area (Å²) in [6, 6.07) is 13.3. The molecule has 1 aliphatic rings. The summed E-state index contributed by atoms with van der Waals surface area (Å²) in [5.41, 5.74) is 2.21. The first-order chi connectivity index (χ1) is 11.8. The van der Waals surface area contributed by atoms with Crippen LogP contribution in [0.4, 0.5) is 17.1 Å². The second-order valence-corrected chi connectivity index (χ2v) is 7.99. The van der Waals surface area contributed by atoms with Crippen molar-refractivity contribution in [3.8, 4) is 0 Å². The number of aryl methyl sites for hydroxylation is 1. The highest BCUT2D eigenvalue weighted by Gasteiger charge is 2.50. The van der Waals surface area contributed by atoms with Crippen molar-refractivity contribution in [2.45, 2.75) is 26.3 Å². The molecule has 126 valence electrons. The van der Waals surface area contributed by atoms with E-state index in [-0.39, 0.29) is 5.91 Å². The predicted octanol–water partition coefficient (Wildman–Crippen LogP) is 5.07. The minimum absolute atomic E-state index is 0.0778. The molecule has 0 aliphatic carbocycles. The third kappa shape index (κ3) is 2.92. The Morgan fingerprint density at radius 1 is 1.12 bits per heavy atom. The van der Waals surface area contributed by atoms with Gasteiger partial charge in [0.25, 0.3) is 5.91 Å². The zero-order valence-corrected chi connectivity index (χ0v) is 17.1. The third-order valence-electron chi connectivity index (χ3n) is 4.31. The van der Waals surface area contributed by atoms with E-state index in [1.54, 1.807) is 17.0 Å². The molecule has 2 aromatic rings. The van der Waals surface area contributed by atoms with Crippen LogP contribution in [-0.2, 0) is 4.79 Å². The molecule has 0 radical (unpaired) electrons.